The van der Waals surface area contributed by atoms with Crippen molar-refractivity contribution in [2.75, 3.05) is 7.05 Å². The molecule has 1 aromatic rings. The summed E-state index contributed by atoms with van der Waals surface area (Å²) in [6.07, 6.45) is 1.66. The Morgan fingerprint density at radius 3 is 2.86 bits per heavy atom. The largest absolute Gasteiger partial charge is 0.386 e. The highest BCUT2D eigenvalue weighted by Crippen LogP contribution is 2.14. The minimum absolute atomic E-state index is 0.278. The second-order valence-corrected chi connectivity index (χ2v) is 2.89. The molecule has 74 valence electrons. The molecule has 0 amide bonds. The lowest BCUT2D eigenvalue weighted by Gasteiger charge is -2.03. The summed E-state index contributed by atoms with van der Waals surface area (Å²) in [5.74, 6) is 0.222. The van der Waals surface area contributed by atoms with Gasteiger partial charge < -0.3 is 11.1 Å². The molecule has 0 spiro atoms. The molecule has 0 aromatic heterocycles. The maximum absolute atomic E-state index is 12.8. The molecule has 2 nitrogen and oxygen atoms in total. The van der Waals surface area contributed by atoms with E-state index in [4.69, 9.17) is 5.73 Å². The number of rotatable bonds is 3. The van der Waals surface area contributed by atoms with Crippen LogP contribution < -0.4 is 11.1 Å². The zero-order valence-electron chi connectivity index (χ0n) is 8.05. The van der Waals surface area contributed by atoms with E-state index in [0.29, 0.717) is 11.4 Å². The Morgan fingerprint density at radius 1 is 1.57 bits per heavy atom. The Balaban J connectivity index is 2.90. The van der Waals surface area contributed by atoms with Gasteiger partial charge in [0.15, 0.2) is 0 Å². The SMILES string of the molecule is C=C(/C=C(/N)NC)c1cccc(F)c1. The molecule has 1 rings (SSSR count). The Labute approximate surface area is 82.9 Å². The van der Waals surface area contributed by atoms with Crippen LogP contribution in [0, 0.1) is 5.82 Å². The minimum Gasteiger partial charge on any atom is -0.386 e. The van der Waals surface area contributed by atoms with Gasteiger partial charge in [0.25, 0.3) is 0 Å². The van der Waals surface area contributed by atoms with Gasteiger partial charge >= 0.3 is 0 Å². The molecule has 3 heteroatoms. The van der Waals surface area contributed by atoms with Crippen LogP contribution in [0.2, 0.25) is 0 Å². The first-order valence-electron chi connectivity index (χ1n) is 4.23. The molecule has 1 aromatic carbocycles. The van der Waals surface area contributed by atoms with Gasteiger partial charge in [0, 0.05) is 7.05 Å². The molecule has 0 unspecified atom stereocenters. The van der Waals surface area contributed by atoms with Gasteiger partial charge in [0.1, 0.15) is 5.82 Å². The first-order valence-corrected chi connectivity index (χ1v) is 4.23. The first-order chi connectivity index (χ1) is 6.63. The molecule has 0 fully saturated rings. The third-order valence-corrected chi connectivity index (χ3v) is 1.81. The van der Waals surface area contributed by atoms with E-state index < -0.39 is 0 Å². The van der Waals surface area contributed by atoms with Crippen LogP contribution in [0.3, 0.4) is 0 Å². The van der Waals surface area contributed by atoms with Gasteiger partial charge in [-0.05, 0) is 29.3 Å². The fraction of sp³-hybridized carbons (Fsp3) is 0.0909. The fourth-order valence-electron chi connectivity index (χ4n) is 1.03. The molecule has 0 radical (unpaired) electrons. The predicted octanol–water partition coefficient (Wildman–Crippen LogP) is 1.86. The maximum atomic E-state index is 12.8. The second-order valence-electron chi connectivity index (χ2n) is 2.89. The summed E-state index contributed by atoms with van der Waals surface area (Å²) < 4.78 is 12.8. The van der Waals surface area contributed by atoms with Crippen molar-refractivity contribution in [3.05, 3.63) is 54.1 Å². The average molecular weight is 192 g/mol. The second kappa shape index (κ2) is 4.46. The summed E-state index contributed by atoms with van der Waals surface area (Å²) in [4.78, 5) is 0. The van der Waals surface area contributed by atoms with Crippen molar-refractivity contribution in [3.63, 3.8) is 0 Å². The molecule has 3 N–H and O–H groups in total. The van der Waals surface area contributed by atoms with E-state index in [1.54, 1.807) is 25.3 Å². The first kappa shape index (κ1) is 10.3. The van der Waals surface area contributed by atoms with Crippen LogP contribution in [0.1, 0.15) is 5.56 Å². The number of benzene rings is 1. The van der Waals surface area contributed by atoms with Gasteiger partial charge in [-0.25, -0.2) is 4.39 Å². The Kier molecular flexibility index (Phi) is 3.29. The van der Waals surface area contributed by atoms with E-state index in [1.165, 1.54) is 12.1 Å². The van der Waals surface area contributed by atoms with E-state index in [-0.39, 0.29) is 5.82 Å². The summed E-state index contributed by atoms with van der Waals surface area (Å²) in [6.45, 7) is 3.79. The smallest absolute Gasteiger partial charge is 0.123 e. The number of allylic oxidation sites excluding steroid dienone is 2. The number of hydrogen-bond donors (Lipinski definition) is 2. The van der Waals surface area contributed by atoms with E-state index in [1.807, 2.05) is 0 Å². The van der Waals surface area contributed by atoms with Crippen LogP contribution in [0.15, 0.2) is 42.7 Å². The molecular weight excluding hydrogens is 179 g/mol. The van der Waals surface area contributed by atoms with Crippen molar-refractivity contribution in [2.45, 2.75) is 0 Å². The highest BCUT2D eigenvalue weighted by Gasteiger charge is 1.97. The minimum atomic E-state index is -0.278. The van der Waals surface area contributed by atoms with Crippen molar-refractivity contribution in [2.24, 2.45) is 5.73 Å². The Morgan fingerprint density at radius 2 is 2.29 bits per heavy atom. The third kappa shape index (κ3) is 2.62. The Hall–Kier alpha value is -1.77. The van der Waals surface area contributed by atoms with Crippen molar-refractivity contribution in [1.82, 2.24) is 5.32 Å². The van der Waals surface area contributed by atoms with Crippen LogP contribution in [0.25, 0.3) is 5.57 Å². The molecule has 0 atom stereocenters. The Bertz CT molecular complexity index is 369. The molecule has 0 saturated heterocycles. The van der Waals surface area contributed by atoms with Crippen molar-refractivity contribution in [3.8, 4) is 0 Å². The standard InChI is InChI=1S/C11H13FN2/c1-8(6-11(13)14-2)9-4-3-5-10(12)7-9/h3-7,14H,1,13H2,2H3/b11-6-. The van der Waals surface area contributed by atoms with Crippen LogP contribution in [0.4, 0.5) is 4.39 Å². The lowest BCUT2D eigenvalue weighted by molar-refractivity contribution is 0.627. The molecule has 0 aliphatic carbocycles. The van der Waals surface area contributed by atoms with Crippen molar-refractivity contribution < 1.29 is 4.39 Å². The molecule has 14 heavy (non-hydrogen) atoms. The van der Waals surface area contributed by atoms with Crippen molar-refractivity contribution in [1.29, 1.82) is 0 Å². The van der Waals surface area contributed by atoms with Crippen LogP contribution in [-0.2, 0) is 0 Å². The number of nitrogens with one attached hydrogen (secondary N) is 1. The normalized spacial score (nSPS) is 11.1. The summed E-state index contributed by atoms with van der Waals surface area (Å²) in [5.41, 5.74) is 6.95. The predicted molar refractivity (Wildman–Crippen MR) is 56.8 cm³/mol. The molecule has 0 heterocycles. The highest BCUT2D eigenvalue weighted by atomic mass is 19.1. The number of halogens is 1. The summed E-state index contributed by atoms with van der Waals surface area (Å²) >= 11 is 0. The zero-order valence-corrected chi connectivity index (χ0v) is 8.05. The van der Waals surface area contributed by atoms with Gasteiger partial charge in [-0.1, -0.05) is 18.7 Å². The molecule has 0 saturated carbocycles. The van der Waals surface area contributed by atoms with Gasteiger partial charge in [-0.2, -0.15) is 0 Å². The van der Waals surface area contributed by atoms with Crippen LogP contribution in [-0.4, -0.2) is 7.05 Å². The quantitative estimate of drug-likeness (QED) is 0.717. The topological polar surface area (TPSA) is 38.0 Å². The maximum Gasteiger partial charge on any atom is 0.123 e. The molecule has 0 aliphatic rings. The zero-order chi connectivity index (χ0) is 10.6. The van der Waals surface area contributed by atoms with E-state index >= 15 is 0 Å². The molecule has 0 aliphatic heterocycles. The highest BCUT2D eigenvalue weighted by molar-refractivity contribution is 5.72. The summed E-state index contributed by atoms with van der Waals surface area (Å²) in [5, 5.41) is 2.76. The average Bonchev–Trinajstić information content (AvgIpc) is 2.17. The third-order valence-electron chi connectivity index (χ3n) is 1.81. The van der Waals surface area contributed by atoms with Crippen molar-refractivity contribution >= 4 is 5.57 Å². The van der Waals surface area contributed by atoms with Gasteiger partial charge in [-0.3, -0.25) is 0 Å². The number of hydrogen-bond acceptors (Lipinski definition) is 2. The lowest BCUT2D eigenvalue weighted by atomic mass is 10.1. The number of nitrogens with two attached hydrogens (primary N) is 1. The lowest BCUT2D eigenvalue weighted by Crippen LogP contribution is -2.14. The van der Waals surface area contributed by atoms with E-state index in [9.17, 15) is 4.39 Å². The molecule has 0 bridgehead atoms. The summed E-state index contributed by atoms with van der Waals surface area (Å²) in [6, 6.07) is 6.23. The van der Waals surface area contributed by atoms with E-state index in [2.05, 4.69) is 11.9 Å². The summed E-state index contributed by atoms with van der Waals surface area (Å²) in [7, 11) is 1.71. The van der Waals surface area contributed by atoms with Crippen LogP contribution >= 0.6 is 0 Å². The van der Waals surface area contributed by atoms with E-state index in [0.717, 1.165) is 5.56 Å². The van der Waals surface area contributed by atoms with Crippen LogP contribution in [0.5, 0.6) is 0 Å². The fourth-order valence-corrected chi connectivity index (χ4v) is 1.03. The van der Waals surface area contributed by atoms with Gasteiger partial charge in [-0.15, -0.1) is 0 Å². The monoisotopic (exact) mass is 192 g/mol. The molecular formula is C11H13FN2. The van der Waals surface area contributed by atoms with Gasteiger partial charge in [0.2, 0.25) is 0 Å². The van der Waals surface area contributed by atoms with Gasteiger partial charge in [0.05, 0.1) is 5.82 Å².